The van der Waals surface area contributed by atoms with Crippen LogP contribution in [0.1, 0.15) is 44.1 Å². The van der Waals surface area contributed by atoms with E-state index in [9.17, 15) is 19.2 Å². The summed E-state index contributed by atoms with van der Waals surface area (Å²) in [6, 6.07) is 6.65. The number of fused-ring (bicyclic) bond motifs is 2. The highest BCUT2D eigenvalue weighted by Crippen LogP contribution is 2.23. The van der Waals surface area contributed by atoms with E-state index in [1.807, 2.05) is 31.2 Å². The van der Waals surface area contributed by atoms with Gasteiger partial charge in [0.05, 0.1) is 18.6 Å². The largest absolute Gasteiger partial charge is 0.481 e. The summed E-state index contributed by atoms with van der Waals surface area (Å²) in [7, 11) is 1.63. The van der Waals surface area contributed by atoms with E-state index in [2.05, 4.69) is 26.7 Å². The lowest BCUT2D eigenvalue weighted by Crippen LogP contribution is -2.44. The van der Waals surface area contributed by atoms with E-state index in [0.717, 1.165) is 36.0 Å². The zero-order chi connectivity index (χ0) is 32.8. The number of nitrogens with two attached hydrogens (primary N) is 2. The number of para-hydroxylation sites is 1. The lowest BCUT2D eigenvalue weighted by atomic mass is 10.1. The number of piperidine rings is 1. The molecule has 0 amide bonds. The van der Waals surface area contributed by atoms with E-state index in [-0.39, 0.29) is 32.0 Å². The van der Waals surface area contributed by atoms with Crippen LogP contribution in [0.15, 0.2) is 33.9 Å². The Morgan fingerprint density at radius 3 is 2.53 bits per heavy atom. The van der Waals surface area contributed by atoms with Gasteiger partial charge in [0.25, 0.3) is 5.56 Å². The maximum atomic E-state index is 13.7. The van der Waals surface area contributed by atoms with Gasteiger partial charge in [-0.25, -0.2) is 14.8 Å². The number of anilines is 1. The summed E-state index contributed by atoms with van der Waals surface area (Å²) in [5.74, 6) is 4.76. The van der Waals surface area contributed by atoms with Crippen LogP contribution in [0, 0.1) is 18.8 Å². The van der Waals surface area contributed by atoms with Gasteiger partial charge in [-0.3, -0.25) is 28.1 Å². The number of nitrogens with zero attached hydrogens (tertiary/aromatic N) is 7. The Hall–Kier alpha value is -5.07. The van der Waals surface area contributed by atoms with Gasteiger partial charge in [-0.2, -0.15) is 4.98 Å². The van der Waals surface area contributed by atoms with Crippen LogP contribution in [0.3, 0.4) is 0 Å². The van der Waals surface area contributed by atoms with Crippen molar-refractivity contribution in [3.8, 4) is 11.8 Å². The third kappa shape index (κ3) is 7.36. The van der Waals surface area contributed by atoms with Crippen LogP contribution in [0.25, 0.3) is 22.1 Å². The molecule has 2 atom stereocenters. The Bertz CT molecular complexity index is 1920. The van der Waals surface area contributed by atoms with Crippen LogP contribution >= 0.6 is 0 Å². The molecule has 1 aliphatic heterocycles. The molecule has 1 saturated heterocycles. The second kappa shape index (κ2) is 14.1. The normalized spacial score (nSPS) is 15.2. The van der Waals surface area contributed by atoms with Crippen LogP contribution in [0.5, 0.6) is 0 Å². The average molecular weight is 620 g/mol. The fourth-order valence-electron chi connectivity index (χ4n) is 5.15. The molecule has 0 spiro atoms. The van der Waals surface area contributed by atoms with Gasteiger partial charge in [-0.1, -0.05) is 24.1 Å². The van der Waals surface area contributed by atoms with Crippen molar-refractivity contribution in [3.63, 3.8) is 0 Å². The van der Waals surface area contributed by atoms with E-state index < -0.39 is 29.2 Å². The molecule has 0 radical (unpaired) electrons. The van der Waals surface area contributed by atoms with E-state index in [4.69, 9.17) is 26.7 Å². The Kier molecular flexibility index (Phi) is 10.3. The van der Waals surface area contributed by atoms with Crippen molar-refractivity contribution in [3.05, 3.63) is 56.6 Å². The van der Waals surface area contributed by atoms with Crippen molar-refractivity contribution in [2.45, 2.75) is 64.7 Å². The highest BCUT2D eigenvalue weighted by Gasteiger charge is 2.26. The minimum atomic E-state index is -1.17. The van der Waals surface area contributed by atoms with E-state index >= 15 is 0 Å². The fraction of sp³-hybridized carbons (Fsp3) is 0.433. The summed E-state index contributed by atoms with van der Waals surface area (Å²) >= 11 is 0. The molecule has 0 saturated carbocycles. The van der Waals surface area contributed by atoms with Gasteiger partial charge in [-0.05, 0) is 39.2 Å². The van der Waals surface area contributed by atoms with Crippen LogP contribution in [-0.2, 0) is 29.7 Å². The number of aromatic nitrogens is 6. The van der Waals surface area contributed by atoms with Gasteiger partial charge in [-0.15, -0.1) is 5.92 Å². The van der Waals surface area contributed by atoms with Crippen molar-refractivity contribution >= 4 is 40.0 Å². The second-order valence-electron chi connectivity index (χ2n) is 10.8. The third-order valence-electron chi connectivity index (χ3n) is 7.49. The number of carboxylic acid groups (broad SMARTS) is 2. The maximum absolute atomic E-state index is 13.7. The summed E-state index contributed by atoms with van der Waals surface area (Å²) in [5.41, 5.74) is 12.5. The minimum Gasteiger partial charge on any atom is -0.481 e. The number of carboxylic acids is 2. The van der Waals surface area contributed by atoms with Gasteiger partial charge in [0.15, 0.2) is 11.2 Å². The Balaban J connectivity index is 0.000000399. The van der Waals surface area contributed by atoms with Gasteiger partial charge >= 0.3 is 17.6 Å². The van der Waals surface area contributed by atoms with Gasteiger partial charge in [0, 0.05) is 43.7 Å². The Morgan fingerprint density at radius 2 is 1.87 bits per heavy atom. The second-order valence-corrected chi connectivity index (χ2v) is 10.8. The highest BCUT2D eigenvalue weighted by molar-refractivity contribution is 5.80. The molecule has 5 rings (SSSR count). The first-order chi connectivity index (χ1) is 21.4. The van der Waals surface area contributed by atoms with Crippen LogP contribution in [-0.4, -0.2) is 76.0 Å². The molecule has 4 heterocycles. The molecule has 4 aromatic rings. The number of rotatable bonds is 8. The van der Waals surface area contributed by atoms with Crippen molar-refractivity contribution in [2.75, 3.05) is 18.0 Å². The number of aryl methyl sites for hydroxylation is 2. The molecule has 45 heavy (non-hydrogen) atoms. The summed E-state index contributed by atoms with van der Waals surface area (Å²) in [6.07, 6.45) is 1.66. The molecule has 1 fully saturated rings. The number of hydrogen-bond acceptors (Lipinski definition) is 10. The topological polar surface area (TPSA) is 217 Å². The average Bonchev–Trinajstić information content (AvgIpc) is 3.40. The minimum absolute atomic E-state index is 0.0231. The Morgan fingerprint density at radius 1 is 1.13 bits per heavy atom. The first-order valence-corrected chi connectivity index (χ1v) is 14.5. The van der Waals surface area contributed by atoms with Gasteiger partial charge in [0.1, 0.15) is 11.9 Å². The van der Waals surface area contributed by atoms with Crippen LogP contribution in [0.4, 0.5) is 5.95 Å². The smallest absolute Gasteiger partial charge is 0.332 e. The molecule has 1 aliphatic rings. The maximum Gasteiger partial charge on any atom is 0.332 e. The number of imidazole rings is 1. The molecule has 15 nitrogen and oxygen atoms in total. The fourth-order valence-corrected chi connectivity index (χ4v) is 5.15. The molecule has 6 N–H and O–H groups in total. The number of benzene rings is 1. The molecule has 3 aromatic heterocycles. The lowest BCUT2D eigenvalue weighted by molar-refractivity contribution is -0.139. The highest BCUT2D eigenvalue weighted by atomic mass is 16.4. The zero-order valence-electron chi connectivity index (χ0n) is 25.4. The quantitative estimate of drug-likeness (QED) is 0.197. The molecule has 15 heteroatoms. The van der Waals surface area contributed by atoms with Crippen molar-refractivity contribution in [2.24, 2.45) is 18.5 Å². The predicted octanol–water partition coefficient (Wildman–Crippen LogP) is 0.411. The SMILES string of the molecule is CC#CCn1c(N2CCC[C@@H](N)C2)nc2c1c(=O)n(Cc1nc(C)c3ccccc3n1)c(=O)n2C.NC(CCC(=O)O)C(=O)O. The predicted molar refractivity (Wildman–Crippen MR) is 168 cm³/mol. The zero-order valence-corrected chi connectivity index (χ0v) is 25.4. The number of aliphatic carboxylic acids is 2. The van der Waals surface area contributed by atoms with E-state index in [0.29, 0.717) is 29.5 Å². The van der Waals surface area contributed by atoms with Crippen molar-refractivity contribution < 1.29 is 19.8 Å². The molecule has 0 bridgehead atoms. The van der Waals surface area contributed by atoms with Crippen molar-refractivity contribution in [1.29, 1.82) is 0 Å². The first kappa shape index (κ1) is 32.8. The number of carbonyl (C=O) groups is 2. The molecule has 1 aromatic carbocycles. The van der Waals surface area contributed by atoms with Crippen molar-refractivity contribution in [1.82, 2.24) is 28.7 Å². The third-order valence-corrected chi connectivity index (χ3v) is 7.49. The first-order valence-electron chi connectivity index (χ1n) is 14.5. The molecule has 238 valence electrons. The van der Waals surface area contributed by atoms with Crippen LogP contribution in [0.2, 0.25) is 0 Å². The lowest BCUT2D eigenvalue weighted by Gasteiger charge is -2.31. The van der Waals surface area contributed by atoms with Crippen LogP contribution < -0.4 is 27.6 Å². The monoisotopic (exact) mass is 619 g/mol. The molecular weight excluding hydrogens is 582 g/mol. The van der Waals surface area contributed by atoms with E-state index in [1.54, 1.807) is 18.5 Å². The van der Waals surface area contributed by atoms with E-state index in [1.165, 1.54) is 9.13 Å². The standard InChI is InChI=1S/C25H28N8O2.C5H9NO4/c1-4-5-13-32-21-22(29-24(32)31-12-8-9-17(26)14-31)30(3)25(35)33(23(21)34)15-20-27-16(2)18-10-6-7-11-19(18)28-20;6-3(5(9)10)1-2-4(7)8/h6-7,10-11,17H,8-9,12-15,26H2,1-3H3;3H,1-2,6H2,(H,7,8)(H,9,10)/t17-;/m1./s1. The summed E-state index contributed by atoms with van der Waals surface area (Å²) < 4.78 is 4.39. The molecule has 0 aliphatic carbocycles. The number of hydrogen-bond donors (Lipinski definition) is 4. The Labute approximate surface area is 258 Å². The summed E-state index contributed by atoms with van der Waals surface area (Å²) in [6.45, 7) is 5.31. The van der Waals surface area contributed by atoms with Gasteiger partial charge < -0.3 is 26.6 Å². The van der Waals surface area contributed by atoms with Gasteiger partial charge in [0.2, 0.25) is 5.95 Å². The molecular formula is C30H37N9O6. The summed E-state index contributed by atoms with van der Waals surface area (Å²) in [5, 5.41) is 17.2. The molecule has 1 unspecified atom stereocenters. The summed E-state index contributed by atoms with van der Waals surface area (Å²) in [4.78, 5) is 62.9.